The van der Waals surface area contributed by atoms with Crippen LogP contribution in [-0.4, -0.2) is 36.0 Å². The summed E-state index contributed by atoms with van der Waals surface area (Å²) in [7, 11) is 1.64. The van der Waals surface area contributed by atoms with Crippen molar-refractivity contribution in [1.29, 1.82) is 0 Å². The first-order valence-corrected chi connectivity index (χ1v) is 14.4. The Bertz CT molecular complexity index is 1630. The number of carbonyl (C=O) groups is 3. The minimum atomic E-state index is -0.382. The number of anilines is 2. The number of halogens is 2. The monoisotopic (exact) mass is 608 g/mol. The van der Waals surface area contributed by atoms with Crippen molar-refractivity contribution in [2.75, 3.05) is 24.4 Å². The maximum Gasteiger partial charge on any atom is 0.272 e. The smallest absolute Gasteiger partial charge is 0.272 e. The summed E-state index contributed by atoms with van der Waals surface area (Å²) in [5.41, 5.74) is 4.47. The zero-order valence-corrected chi connectivity index (χ0v) is 25.5. The molecule has 0 bridgehead atoms. The Balaban J connectivity index is 1.58. The molecule has 0 saturated carbocycles. The lowest BCUT2D eigenvalue weighted by molar-refractivity contribution is -0.124. The Labute approximate surface area is 255 Å². The molecule has 8 nitrogen and oxygen atoms in total. The van der Waals surface area contributed by atoms with Crippen LogP contribution < -0.4 is 16.0 Å². The normalized spacial score (nSPS) is 11.1. The number of ether oxygens (including phenoxy) is 1. The number of nitrogens with zero attached hydrogens (tertiary/aromatic N) is 1. The van der Waals surface area contributed by atoms with Crippen LogP contribution >= 0.6 is 23.2 Å². The minimum absolute atomic E-state index is 0.0743. The van der Waals surface area contributed by atoms with Crippen LogP contribution in [-0.2, 0) is 22.6 Å². The van der Waals surface area contributed by atoms with Crippen molar-refractivity contribution in [2.45, 2.75) is 40.3 Å². The van der Waals surface area contributed by atoms with Crippen LogP contribution in [0.15, 0.2) is 60.7 Å². The topological polar surface area (TPSA) is 101 Å². The molecule has 0 aliphatic carbocycles. The van der Waals surface area contributed by atoms with Gasteiger partial charge in [0, 0.05) is 60.0 Å². The van der Waals surface area contributed by atoms with Crippen LogP contribution in [0.4, 0.5) is 11.4 Å². The minimum Gasteiger partial charge on any atom is -0.385 e. The molecule has 0 aliphatic rings. The molecule has 4 rings (SSSR count). The van der Waals surface area contributed by atoms with Gasteiger partial charge in [-0.05, 0) is 79.1 Å². The fraction of sp³-hybridized carbons (Fsp3) is 0.281. The molecule has 0 saturated heterocycles. The van der Waals surface area contributed by atoms with Crippen LogP contribution in [0.3, 0.4) is 0 Å². The molecule has 4 aromatic rings. The number of fused-ring (bicyclic) bond motifs is 1. The molecule has 0 atom stereocenters. The fourth-order valence-corrected chi connectivity index (χ4v) is 4.98. The van der Waals surface area contributed by atoms with Crippen molar-refractivity contribution in [1.82, 2.24) is 9.88 Å². The molecule has 0 spiro atoms. The number of carbonyl (C=O) groups excluding carboxylic acids is 3. The number of aryl methyl sites for hydroxylation is 2. The maximum absolute atomic E-state index is 13.4. The average molecular weight is 610 g/mol. The summed E-state index contributed by atoms with van der Waals surface area (Å²) in [4.78, 5) is 38.6. The predicted molar refractivity (Wildman–Crippen MR) is 169 cm³/mol. The van der Waals surface area contributed by atoms with Gasteiger partial charge < -0.3 is 25.3 Å². The average Bonchev–Trinajstić information content (AvgIpc) is 3.31. The number of hydrogen-bond donors (Lipinski definition) is 3. The van der Waals surface area contributed by atoms with Crippen molar-refractivity contribution < 1.29 is 19.1 Å². The molecule has 42 heavy (non-hydrogen) atoms. The second kappa shape index (κ2) is 13.9. The molecule has 220 valence electrons. The molecular weight excluding hydrogens is 575 g/mol. The highest BCUT2D eigenvalue weighted by molar-refractivity contribution is 6.34. The Morgan fingerprint density at radius 1 is 0.929 bits per heavy atom. The van der Waals surface area contributed by atoms with Gasteiger partial charge in [-0.15, -0.1) is 0 Å². The Morgan fingerprint density at radius 2 is 1.71 bits per heavy atom. The Morgan fingerprint density at radius 3 is 2.43 bits per heavy atom. The van der Waals surface area contributed by atoms with E-state index in [1.54, 1.807) is 49.6 Å². The lowest BCUT2D eigenvalue weighted by Crippen LogP contribution is -2.27. The Hall–Kier alpha value is -3.85. The summed E-state index contributed by atoms with van der Waals surface area (Å²) in [6.45, 7) is 6.92. The first-order valence-electron chi connectivity index (χ1n) is 13.6. The fourth-order valence-electron chi connectivity index (χ4n) is 4.55. The van der Waals surface area contributed by atoms with Crippen LogP contribution in [0, 0.1) is 12.8 Å². The molecule has 0 radical (unpaired) electrons. The second-order valence-corrected chi connectivity index (χ2v) is 11.2. The maximum atomic E-state index is 13.4. The van der Waals surface area contributed by atoms with Gasteiger partial charge >= 0.3 is 0 Å². The number of amides is 3. The molecule has 3 aromatic carbocycles. The van der Waals surface area contributed by atoms with Crippen LogP contribution in [0.1, 0.15) is 52.2 Å². The predicted octanol–water partition coefficient (Wildman–Crippen LogP) is 7.07. The summed E-state index contributed by atoms with van der Waals surface area (Å²) >= 11 is 12.4. The summed E-state index contributed by atoms with van der Waals surface area (Å²) in [5.74, 6) is -0.854. The van der Waals surface area contributed by atoms with E-state index in [-0.39, 0.29) is 30.2 Å². The molecular formula is C32H34Cl2N4O4. The van der Waals surface area contributed by atoms with E-state index in [1.165, 1.54) is 0 Å². The number of hydrogen-bond acceptors (Lipinski definition) is 4. The SMILES string of the molecule is COCCCn1c(C(=O)Nc2ccc(Cl)cc2C)cc2cc(NC(=O)c3cc(CNC(=O)C(C)C)ccc3Cl)ccc21. The van der Waals surface area contributed by atoms with Gasteiger partial charge in [0.2, 0.25) is 5.91 Å². The largest absolute Gasteiger partial charge is 0.385 e. The summed E-state index contributed by atoms with van der Waals surface area (Å²) < 4.78 is 7.18. The van der Waals surface area contributed by atoms with Gasteiger partial charge in [-0.1, -0.05) is 43.1 Å². The van der Waals surface area contributed by atoms with E-state index in [4.69, 9.17) is 27.9 Å². The standard InChI is InChI=1S/C32H34Cl2N4O4/c1-19(2)30(39)35-18-21-6-9-26(34)25(15-21)31(40)36-24-8-11-28-22(16-24)17-29(38(28)12-5-13-42-4)32(41)37-27-10-7-23(33)14-20(27)3/h6-11,14-17,19H,5,12-13,18H2,1-4H3,(H,35,39)(H,36,40)(H,37,41). The van der Waals surface area contributed by atoms with Gasteiger partial charge in [-0.3, -0.25) is 14.4 Å². The third kappa shape index (κ3) is 7.50. The zero-order chi connectivity index (χ0) is 30.4. The van der Waals surface area contributed by atoms with E-state index < -0.39 is 0 Å². The number of methoxy groups -OCH3 is 1. The molecule has 0 fully saturated rings. The van der Waals surface area contributed by atoms with Gasteiger partial charge in [-0.25, -0.2) is 0 Å². The molecule has 1 heterocycles. The summed E-state index contributed by atoms with van der Waals surface area (Å²) in [5, 5.41) is 10.4. The number of benzene rings is 3. The van der Waals surface area contributed by atoms with Gasteiger partial charge in [-0.2, -0.15) is 0 Å². The quantitative estimate of drug-likeness (QED) is 0.158. The van der Waals surface area contributed by atoms with Crippen LogP contribution in [0.2, 0.25) is 10.0 Å². The van der Waals surface area contributed by atoms with Crippen molar-refractivity contribution >= 4 is 63.2 Å². The number of aromatic nitrogens is 1. The van der Waals surface area contributed by atoms with Gasteiger partial charge in [0.15, 0.2) is 0 Å². The van der Waals surface area contributed by atoms with E-state index >= 15 is 0 Å². The molecule has 0 aliphatic heterocycles. The summed E-state index contributed by atoms with van der Waals surface area (Å²) in [6.07, 6.45) is 0.714. The van der Waals surface area contributed by atoms with E-state index in [2.05, 4.69) is 16.0 Å². The van der Waals surface area contributed by atoms with Gasteiger partial charge in [0.25, 0.3) is 11.8 Å². The third-order valence-electron chi connectivity index (χ3n) is 6.83. The third-order valence-corrected chi connectivity index (χ3v) is 7.39. The molecule has 10 heteroatoms. The second-order valence-electron chi connectivity index (χ2n) is 10.4. The van der Waals surface area contributed by atoms with Crippen LogP contribution in [0.25, 0.3) is 10.9 Å². The summed E-state index contributed by atoms with van der Waals surface area (Å²) in [6, 6.07) is 17.7. The lowest BCUT2D eigenvalue weighted by Gasteiger charge is -2.13. The van der Waals surface area contributed by atoms with E-state index in [0.717, 1.165) is 22.0 Å². The van der Waals surface area contributed by atoms with Crippen molar-refractivity contribution in [2.24, 2.45) is 5.92 Å². The van der Waals surface area contributed by atoms with E-state index in [0.29, 0.717) is 52.2 Å². The highest BCUT2D eigenvalue weighted by atomic mass is 35.5. The van der Waals surface area contributed by atoms with Crippen molar-refractivity contribution in [3.05, 3.63) is 93.1 Å². The van der Waals surface area contributed by atoms with Crippen molar-refractivity contribution in [3.8, 4) is 0 Å². The molecule has 3 amide bonds. The number of nitrogens with one attached hydrogen (secondary N) is 3. The number of rotatable bonds is 11. The van der Waals surface area contributed by atoms with Gasteiger partial charge in [0.1, 0.15) is 5.69 Å². The van der Waals surface area contributed by atoms with E-state index in [9.17, 15) is 14.4 Å². The molecule has 1 aromatic heterocycles. The first-order chi connectivity index (χ1) is 20.1. The lowest BCUT2D eigenvalue weighted by atomic mass is 10.1. The molecule has 0 unspecified atom stereocenters. The Kier molecular flexibility index (Phi) is 10.3. The van der Waals surface area contributed by atoms with E-state index in [1.807, 2.05) is 43.5 Å². The van der Waals surface area contributed by atoms with Crippen LogP contribution in [0.5, 0.6) is 0 Å². The highest BCUT2D eigenvalue weighted by Crippen LogP contribution is 2.27. The first kappa shape index (κ1) is 31.1. The van der Waals surface area contributed by atoms with Crippen molar-refractivity contribution in [3.63, 3.8) is 0 Å². The zero-order valence-electron chi connectivity index (χ0n) is 24.0. The molecule has 3 N–H and O–H groups in total. The highest BCUT2D eigenvalue weighted by Gasteiger charge is 2.18. The van der Waals surface area contributed by atoms with Gasteiger partial charge in [0.05, 0.1) is 10.6 Å².